The smallest absolute Gasteiger partial charge is 0.453 e. The van der Waals surface area contributed by atoms with Crippen LogP contribution in [0.25, 0.3) is 0 Å². The summed E-state index contributed by atoms with van der Waals surface area (Å²) in [7, 11) is 0.694. The Hall–Kier alpha value is -3.76. The van der Waals surface area contributed by atoms with Crippen molar-refractivity contribution < 1.29 is 33.0 Å². The maximum atomic E-state index is 13.8. The first-order valence-electron chi connectivity index (χ1n) is 13.6. The van der Waals surface area contributed by atoms with Crippen molar-refractivity contribution in [3.63, 3.8) is 0 Å². The van der Waals surface area contributed by atoms with E-state index in [9.17, 15) is 14.4 Å². The van der Waals surface area contributed by atoms with Crippen molar-refractivity contribution in [2.24, 2.45) is 0 Å². The van der Waals surface area contributed by atoms with E-state index in [0.717, 1.165) is 24.0 Å². The topological polar surface area (TPSA) is 97.2 Å². The number of benzene rings is 2. The van der Waals surface area contributed by atoms with E-state index in [1.807, 2.05) is 74.9 Å². The second kappa shape index (κ2) is 10.7. The van der Waals surface area contributed by atoms with Crippen LogP contribution >= 0.6 is 0 Å². The Bertz CT molecular complexity index is 1370. The van der Waals surface area contributed by atoms with Gasteiger partial charge in [-0.3, -0.25) is 9.59 Å². The molecule has 0 radical (unpaired) electrons. The van der Waals surface area contributed by atoms with Gasteiger partial charge in [-0.1, -0.05) is 36.4 Å². The minimum absolute atomic E-state index is 0.108. The summed E-state index contributed by atoms with van der Waals surface area (Å²) in [6.07, 6.45) is 6.11. The zero-order valence-corrected chi connectivity index (χ0v) is 23.5. The first-order valence-corrected chi connectivity index (χ1v) is 13.6. The summed E-state index contributed by atoms with van der Waals surface area (Å²) in [5.41, 5.74) is 1.73. The summed E-state index contributed by atoms with van der Waals surface area (Å²) in [5.74, 6) is -0.326. The summed E-state index contributed by atoms with van der Waals surface area (Å²) in [5, 5.41) is 2.69. The van der Waals surface area contributed by atoms with Gasteiger partial charge in [0.1, 0.15) is 12.1 Å². The number of ketones is 1. The lowest BCUT2D eigenvalue weighted by molar-refractivity contribution is -0.358. The molecule has 10 heteroatoms. The average Bonchev–Trinajstić information content (AvgIpc) is 3.49. The SMILES string of the molecule is COC(=O)NC(C(=O)N1CCCC1C=[N+]1C=CC(=O)c2cc(B3OC(C)(C)C(C)(C)O3)ccc21)c1ccccc1. The summed E-state index contributed by atoms with van der Waals surface area (Å²) in [6.45, 7) is 8.53. The van der Waals surface area contributed by atoms with Gasteiger partial charge in [0, 0.05) is 12.6 Å². The van der Waals surface area contributed by atoms with Crippen LogP contribution in [0.2, 0.25) is 0 Å². The minimum atomic E-state index is -0.879. The number of alkyl carbamates (subject to hydrolysis) is 1. The summed E-state index contributed by atoms with van der Waals surface area (Å²) in [4.78, 5) is 40.5. The molecule has 40 heavy (non-hydrogen) atoms. The number of amides is 2. The monoisotopic (exact) mass is 544 g/mol. The number of carbonyl (C=O) groups is 3. The number of nitrogens with zero attached hydrogens (tertiary/aromatic N) is 2. The number of hydrogen-bond acceptors (Lipinski definition) is 6. The number of hydrogen-bond donors (Lipinski definition) is 1. The molecule has 9 nitrogen and oxygen atoms in total. The number of likely N-dealkylation sites (tertiary alicyclic amines) is 1. The van der Waals surface area contributed by atoms with Gasteiger partial charge in [0.05, 0.1) is 30.0 Å². The fourth-order valence-electron chi connectivity index (χ4n) is 5.23. The largest absolute Gasteiger partial charge is 0.494 e. The fourth-order valence-corrected chi connectivity index (χ4v) is 5.23. The second-order valence-electron chi connectivity index (χ2n) is 11.3. The van der Waals surface area contributed by atoms with Crippen LogP contribution in [-0.2, 0) is 18.8 Å². The number of carbonyl (C=O) groups excluding carboxylic acids is 3. The third-order valence-corrected chi connectivity index (χ3v) is 8.22. The molecule has 2 amide bonds. The normalized spacial score (nSPS) is 22.8. The summed E-state index contributed by atoms with van der Waals surface area (Å²) >= 11 is 0. The van der Waals surface area contributed by atoms with Gasteiger partial charge < -0.3 is 24.3 Å². The molecule has 0 aromatic heterocycles. The van der Waals surface area contributed by atoms with Crippen molar-refractivity contribution in [1.82, 2.24) is 10.2 Å². The molecule has 3 aliphatic heterocycles. The zero-order valence-electron chi connectivity index (χ0n) is 23.5. The van der Waals surface area contributed by atoms with Crippen molar-refractivity contribution in [3.8, 4) is 0 Å². The van der Waals surface area contributed by atoms with Crippen molar-refractivity contribution in [2.75, 3.05) is 13.7 Å². The molecule has 3 aliphatic rings. The van der Waals surface area contributed by atoms with Crippen molar-refractivity contribution in [1.29, 1.82) is 0 Å². The third-order valence-electron chi connectivity index (χ3n) is 8.22. The molecule has 3 heterocycles. The van der Waals surface area contributed by atoms with Gasteiger partial charge in [-0.05, 0) is 57.6 Å². The highest BCUT2D eigenvalue weighted by Crippen LogP contribution is 2.37. The molecule has 2 unspecified atom stereocenters. The average molecular weight is 544 g/mol. The van der Waals surface area contributed by atoms with Crippen LogP contribution in [0.1, 0.15) is 62.5 Å². The van der Waals surface area contributed by atoms with Crippen LogP contribution < -0.4 is 10.8 Å². The molecular formula is C30H35BN3O6+. The van der Waals surface area contributed by atoms with Crippen LogP contribution in [0.15, 0.2) is 60.8 Å². The predicted molar refractivity (Wildman–Crippen MR) is 151 cm³/mol. The molecular weight excluding hydrogens is 509 g/mol. The molecule has 208 valence electrons. The Morgan fingerprint density at radius 2 is 1.82 bits per heavy atom. The third kappa shape index (κ3) is 5.21. The van der Waals surface area contributed by atoms with Crippen molar-refractivity contribution in [2.45, 2.75) is 63.8 Å². The maximum absolute atomic E-state index is 13.8. The summed E-state index contributed by atoms with van der Waals surface area (Å²) in [6, 6.07) is 13.6. The van der Waals surface area contributed by atoms with E-state index in [2.05, 4.69) is 5.32 Å². The van der Waals surface area contributed by atoms with Gasteiger partial charge in [-0.2, -0.15) is 4.58 Å². The van der Waals surface area contributed by atoms with Gasteiger partial charge >= 0.3 is 13.2 Å². The zero-order chi connectivity index (χ0) is 28.7. The number of ether oxygens (including phenoxy) is 1. The molecule has 5 rings (SSSR count). The van der Waals surface area contributed by atoms with E-state index < -0.39 is 30.5 Å². The highest BCUT2D eigenvalue weighted by Gasteiger charge is 2.52. The van der Waals surface area contributed by atoms with Crippen LogP contribution in [0.4, 0.5) is 10.5 Å². The van der Waals surface area contributed by atoms with E-state index in [0.29, 0.717) is 17.7 Å². The molecule has 2 aromatic carbocycles. The standard InChI is InChI=1S/C30H34BN3O6/c1-29(2)30(3,4)40-31(39-29)21-13-14-24-23(18-21)25(35)15-17-33(24)19-22-12-9-16-34(22)27(36)26(32-28(37)38-5)20-10-7-6-8-11-20/h6-8,10-11,13-15,17-19,22,26H,9,12,16H2,1-5H3/p+1. The Kier molecular flexibility index (Phi) is 7.41. The maximum Gasteiger partial charge on any atom is 0.494 e. The van der Waals surface area contributed by atoms with Crippen LogP contribution in [0.5, 0.6) is 0 Å². The number of rotatable bonds is 5. The van der Waals surface area contributed by atoms with Gasteiger partial charge in [0.15, 0.2) is 18.2 Å². The first-order chi connectivity index (χ1) is 19.0. The minimum Gasteiger partial charge on any atom is -0.453 e. The molecule has 0 saturated carbocycles. The molecule has 0 spiro atoms. The second-order valence-corrected chi connectivity index (χ2v) is 11.3. The van der Waals surface area contributed by atoms with Gasteiger partial charge in [-0.15, -0.1) is 0 Å². The van der Waals surface area contributed by atoms with E-state index in [-0.39, 0.29) is 17.7 Å². The Balaban J connectivity index is 1.42. The number of allylic oxidation sites excluding steroid dienone is 1. The van der Waals surface area contributed by atoms with E-state index >= 15 is 0 Å². The van der Waals surface area contributed by atoms with Crippen molar-refractivity contribution in [3.05, 3.63) is 71.9 Å². The van der Waals surface area contributed by atoms with Crippen LogP contribution in [0, 0.1) is 0 Å². The van der Waals surface area contributed by atoms with E-state index in [4.69, 9.17) is 14.0 Å². The number of methoxy groups -OCH3 is 1. The van der Waals surface area contributed by atoms with E-state index in [1.165, 1.54) is 13.2 Å². The molecule has 1 N–H and O–H groups in total. The first kappa shape index (κ1) is 27.8. The lowest BCUT2D eigenvalue weighted by Gasteiger charge is -2.32. The summed E-state index contributed by atoms with van der Waals surface area (Å²) < 4.78 is 19.1. The van der Waals surface area contributed by atoms with Gasteiger partial charge in [0.2, 0.25) is 5.69 Å². The number of nitrogens with one attached hydrogen (secondary N) is 1. The Morgan fingerprint density at radius 3 is 2.50 bits per heavy atom. The van der Waals surface area contributed by atoms with Crippen LogP contribution in [-0.4, -0.2) is 71.5 Å². The number of fused-ring (bicyclic) bond motifs is 1. The molecule has 0 aliphatic carbocycles. The predicted octanol–water partition coefficient (Wildman–Crippen LogP) is 3.50. The highest BCUT2D eigenvalue weighted by molar-refractivity contribution is 6.62. The van der Waals surface area contributed by atoms with Gasteiger partial charge in [0.25, 0.3) is 5.91 Å². The Labute approximate surface area is 234 Å². The lowest BCUT2D eigenvalue weighted by Crippen LogP contribution is -2.46. The molecule has 2 atom stereocenters. The van der Waals surface area contributed by atoms with Crippen LogP contribution in [0.3, 0.4) is 0 Å². The van der Waals surface area contributed by atoms with E-state index in [1.54, 1.807) is 23.2 Å². The quantitative estimate of drug-likeness (QED) is 0.458. The fraction of sp³-hybridized carbons (Fsp3) is 0.400. The van der Waals surface area contributed by atoms with Gasteiger partial charge in [-0.25, -0.2) is 4.79 Å². The highest BCUT2D eigenvalue weighted by atomic mass is 16.7. The molecule has 2 saturated heterocycles. The molecule has 0 bridgehead atoms. The molecule has 2 aromatic rings. The molecule has 2 fully saturated rings. The van der Waals surface area contributed by atoms with Crippen molar-refractivity contribution >= 4 is 42.3 Å². The lowest BCUT2D eigenvalue weighted by atomic mass is 9.77. The Morgan fingerprint density at radius 1 is 1.12 bits per heavy atom.